The third-order valence-corrected chi connectivity index (χ3v) is 4.56. The van der Waals surface area contributed by atoms with Crippen LogP contribution < -0.4 is 5.32 Å². The van der Waals surface area contributed by atoms with Gasteiger partial charge in [0.1, 0.15) is 0 Å². The Labute approximate surface area is 112 Å². The molecule has 1 heteroatoms. The molecule has 1 nitrogen and oxygen atoms in total. The van der Waals surface area contributed by atoms with Crippen LogP contribution in [-0.4, -0.2) is 7.05 Å². The molecule has 1 aromatic carbocycles. The number of hydrogen-bond donors (Lipinski definition) is 1. The lowest BCUT2D eigenvalue weighted by atomic mass is 9.77. The largest absolute Gasteiger partial charge is 0.313 e. The molecular formula is C17H27N. The molecular weight excluding hydrogens is 218 g/mol. The van der Waals surface area contributed by atoms with Gasteiger partial charge in [0.05, 0.1) is 0 Å². The zero-order valence-corrected chi connectivity index (χ0v) is 12.1. The number of rotatable bonds is 4. The summed E-state index contributed by atoms with van der Waals surface area (Å²) in [4.78, 5) is 0. The van der Waals surface area contributed by atoms with Crippen LogP contribution in [0.15, 0.2) is 24.3 Å². The van der Waals surface area contributed by atoms with Crippen molar-refractivity contribution in [3.63, 3.8) is 0 Å². The van der Waals surface area contributed by atoms with E-state index in [1.54, 1.807) is 0 Å². The summed E-state index contributed by atoms with van der Waals surface area (Å²) in [5.41, 5.74) is 2.94. The number of nitrogens with one attached hydrogen (secondary N) is 1. The molecule has 1 aliphatic carbocycles. The molecule has 0 aromatic heterocycles. The molecule has 0 spiro atoms. The lowest BCUT2D eigenvalue weighted by molar-refractivity contribution is 0.238. The van der Waals surface area contributed by atoms with Crippen LogP contribution in [0.3, 0.4) is 0 Å². The lowest BCUT2D eigenvalue weighted by Crippen LogP contribution is -2.28. The minimum atomic E-state index is 0.545. The predicted molar refractivity (Wildman–Crippen MR) is 78.7 cm³/mol. The van der Waals surface area contributed by atoms with Crippen LogP contribution >= 0.6 is 0 Å². The highest BCUT2D eigenvalue weighted by atomic mass is 14.9. The van der Waals surface area contributed by atoms with E-state index >= 15 is 0 Å². The molecule has 1 aliphatic rings. The molecule has 1 atom stereocenters. The van der Waals surface area contributed by atoms with Crippen molar-refractivity contribution in [2.24, 2.45) is 11.8 Å². The van der Waals surface area contributed by atoms with Crippen molar-refractivity contribution in [3.8, 4) is 0 Å². The molecule has 1 unspecified atom stereocenters. The predicted octanol–water partition coefficient (Wildman–Crippen LogP) is 4.34. The highest BCUT2D eigenvalue weighted by Gasteiger charge is 2.26. The zero-order chi connectivity index (χ0) is 13.0. The fourth-order valence-electron chi connectivity index (χ4n) is 3.30. The highest BCUT2D eigenvalue weighted by molar-refractivity contribution is 5.26. The smallest absolute Gasteiger partial charge is 0.0346 e. The van der Waals surface area contributed by atoms with Gasteiger partial charge >= 0.3 is 0 Å². The fraction of sp³-hybridized carbons (Fsp3) is 0.647. The Bertz CT molecular complexity index is 364. The first-order valence-electron chi connectivity index (χ1n) is 7.50. The van der Waals surface area contributed by atoms with Crippen molar-refractivity contribution in [1.82, 2.24) is 5.32 Å². The van der Waals surface area contributed by atoms with Crippen molar-refractivity contribution in [2.75, 3.05) is 7.05 Å². The Balaban J connectivity index is 2.11. The second-order valence-corrected chi connectivity index (χ2v) is 5.88. The molecule has 2 rings (SSSR count). The summed E-state index contributed by atoms with van der Waals surface area (Å²) in [5.74, 6) is 1.75. The van der Waals surface area contributed by atoms with Gasteiger partial charge in [-0.15, -0.1) is 0 Å². The summed E-state index contributed by atoms with van der Waals surface area (Å²) in [6, 6.07) is 9.67. The van der Waals surface area contributed by atoms with Gasteiger partial charge < -0.3 is 5.32 Å². The molecule has 1 fully saturated rings. The van der Waals surface area contributed by atoms with E-state index in [-0.39, 0.29) is 0 Å². The third-order valence-electron chi connectivity index (χ3n) is 4.56. The van der Waals surface area contributed by atoms with Crippen molar-refractivity contribution in [3.05, 3.63) is 35.4 Å². The standard InChI is InChI=1S/C17H27N/c1-4-14-6-5-7-16(12-14)17(18-3)15-10-8-13(2)9-11-15/h5-7,12-13,15,17-18H,4,8-11H2,1-3H3. The summed E-state index contributed by atoms with van der Waals surface area (Å²) in [7, 11) is 2.11. The maximum Gasteiger partial charge on any atom is 0.0346 e. The average Bonchev–Trinajstić information content (AvgIpc) is 2.42. The quantitative estimate of drug-likeness (QED) is 0.832. The van der Waals surface area contributed by atoms with Crippen LogP contribution in [0.1, 0.15) is 56.7 Å². The summed E-state index contributed by atoms with van der Waals surface area (Å²) < 4.78 is 0. The third kappa shape index (κ3) is 3.14. The van der Waals surface area contributed by atoms with E-state index in [4.69, 9.17) is 0 Å². The van der Waals surface area contributed by atoms with Crippen LogP contribution in [0.5, 0.6) is 0 Å². The molecule has 0 aliphatic heterocycles. The maximum atomic E-state index is 3.55. The number of aryl methyl sites for hydroxylation is 1. The minimum absolute atomic E-state index is 0.545. The first-order valence-corrected chi connectivity index (χ1v) is 7.50. The van der Waals surface area contributed by atoms with Crippen molar-refractivity contribution >= 4 is 0 Å². The van der Waals surface area contributed by atoms with Crippen LogP contribution in [0, 0.1) is 11.8 Å². The summed E-state index contributed by atoms with van der Waals surface area (Å²) in [6.07, 6.45) is 6.69. The van der Waals surface area contributed by atoms with Gasteiger partial charge in [-0.1, -0.05) is 51.0 Å². The molecule has 1 aromatic rings. The molecule has 0 saturated heterocycles. The number of hydrogen-bond acceptors (Lipinski definition) is 1. The Hall–Kier alpha value is -0.820. The van der Waals surface area contributed by atoms with Gasteiger partial charge in [0, 0.05) is 6.04 Å². The Kier molecular flexibility index (Phi) is 4.82. The molecule has 0 bridgehead atoms. The van der Waals surface area contributed by atoms with Gasteiger partial charge in [0.15, 0.2) is 0 Å². The van der Waals surface area contributed by atoms with E-state index in [9.17, 15) is 0 Å². The Morgan fingerprint density at radius 2 is 1.94 bits per heavy atom. The normalized spacial score (nSPS) is 25.9. The summed E-state index contributed by atoms with van der Waals surface area (Å²) in [6.45, 7) is 4.62. The van der Waals surface area contributed by atoms with Crippen molar-refractivity contribution in [2.45, 2.75) is 52.0 Å². The minimum Gasteiger partial charge on any atom is -0.313 e. The van der Waals surface area contributed by atoms with Gasteiger partial charge in [-0.05, 0) is 49.3 Å². The summed E-state index contributed by atoms with van der Waals surface area (Å²) >= 11 is 0. The molecule has 1 saturated carbocycles. The van der Waals surface area contributed by atoms with Gasteiger partial charge in [-0.25, -0.2) is 0 Å². The van der Waals surface area contributed by atoms with E-state index < -0.39 is 0 Å². The van der Waals surface area contributed by atoms with Crippen LogP contribution in [0.25, 0.3) is 0 Å². The Morgan fingerprint density at radius 3 is 2.56 bits per heavy atom. The summed E-state index contributed by atoms with van der Waals surface area (Å²) in [5, 5.41) is 3.55. The zero-order valence-electron chi connectivity index (χ0n) is 12.1. The topological polar surface area (TPSA) is 12.0 Å². The number of benzene rings is 1. The second-order valence-electron chi connectivity index (χ2n) is 5.88. The first-order chi connectivity index (χ1) is 8.74. The Morgan fingerprint density at radius 1 is 1.22 bits per heavy atom. The average molecular weight is 245 g/mol. The fourth-order valence-corrected chi connectivity index (χ4v) is 3.30. The molecule has 100 valence electrons. The van der Waals surface area contributed by atoms with Gasteiger partial charge in [-0.2, -0.15) is 0 Å². The van der Waals surface area contributed by atoms with Crippen LogP contribution in [0.2, 0.25) is 0 Å². The van der Waals surface area contributed by atoms with E-state index in [0.29, 0.717) is 6.04 Å². The highest BCUT2D eigenvalue weighted by Crippen LogP contribution is 2.36. The second kappa shape index (κ2) is 6.38. The van der Waals surface area contributed by atoms with E-state index in [0.717, 1.165) is 18.3 Å². The first kappa shape index (κ1) is 13.6. The molecule has 0 amide bonds. The monoisotopic (exact) mass is 245 g/mol. The van der Waals surface area contributed by atoms with Gasteiger partial charge in [-0.3, -0.25) is 0 Å². The van der Waals surface area contributed by atoms with Gasteiger partial charge in [0.2, 0.25) is 0 Å². The SMILES string of the molecule is CCc1cccc(C(NC)C2CCC(C)CC2)c1. The van der Waals surface area contributed by atoms with E-state index in [2.05, 4.69) is 50.5 Å². The lowest BCUT2D eigenvalue weighted by Gasteiger charge is -2.33. The van der Waals surface area contributed by atoms with E-state index in [1.807, 2.05) is 0 Å². The van der Waals surface area contributed by atoms with Gasteiger partial charge in [0.25, 0.3) is 0 Å². The van der Waals surface area contributed by atoms with Crippen molar-refractivity contribution in [1.29, 1.82) is 0 Å². The van der Waals surface area contributed by atoms with Crippen molar-refractivity contribution < 1.29 is 0 Å². The van der Waals surface area contributed by atoms with Crippen LogP contribution in [0.4, 0.5) is 0 Å². The molecule has 18 heavy (non-hydrogen) atoms. The van der Waals surface area contributed by atoms with E-state index in [1.165, 1.54) is 36.8 Å². The maximum absolute atomic E-state index is 3.55. The molecule has 0 radical (unpaired) electrons. The molecule has 0 heterocycles. The van der Waals surface area contributed by atoms with Crippen LogP contribution in [-0.2, 0) is 6.42 Å². The molecule has 1 N–H and O–H groups in total.